The molecule has 122 valence electrons. The van der Waals surface area contributed by atoms with Crippen LogP contribution in [0.1, 0.15) is 5.56 Å². The molecule has 0 unspecified atom stereocenters. The van der Waals surface area contributed by atoms with Crippen molar-refractivity contribution in [1.29, 1.82) is 0 Å². The summed E-state index contributed by atoms with van der Waals surface area (Å²) in [7, 11) is 0. The molecule has 0 N–H and O–H groups in total. The van der Waals surface area contributed by atoms with Crippen molar-refractivity contribution in [3.63, 3.8) is 0 Å². The molecule has 0 radical (unpaired) electrons. The van der Waals surface area contributed by atoms with Crippen molar-refractivity contribution in [1.82, 2.24) is 19.9 Å². The Hall–Kier alpha value is -2.24. The SMILES string of the molecule is Clc1ccc2c(N3CCN(Cc4ccncc4)CC3)ncnc2c1. The van der Waals surface area contributed by atoms with Gasteiger partial charge in [-0.1, -0.05) is 11.6 Å². The average Bonchev–Trinajstić information content (AvgIpc) is 2.62. The van der Waals surface area contributed by atoms with E-state index in [4.69, 9.17) is 11.6 Å². The van der Waals surface area contributed by atoms with E-state index in [1.165, 1.54) is 5.56 Å². The number of piperazine rings is 1. The van der Waals surface area contributed by atoms with E-state index in [0.29, 0.717) is 5.02 Å². The number of benzene rings is 1. The van der Waals surface area contributed by atoms with Gasteiger partial charge >= 0.3 is 0 Å². The molecule has 0 atom stereocenters. The molecule has 2 aromatic heterocycles. The Morgan fingerprint density at radius 3 is 2.54 bits per heavy atom. The fourth-order valence-electron chi connectivity index (χ4n) is 3.13. The highest BCUT2D eigenvalue weighted by atomic mass is 35.5. The molecule has 5 nitrogen and oxygen atoms in total. The summed E-state index contributed by atoms with van der Waals surface area (Å²) < 4.78 is 0. The van der Waals surface area contributed by atoms with E-state index >= 15 is 0 Å². The lowest BCUT2D eigenvalue weighted by Gasteiger charge is -2.35. The highest BCUT2D eigenvalue weighted by Crippen LogP contribution is 2.26. The van der Waals surface area contributed by atoms with Crippen LogP contribution >= 0.6 is 11.6 Å². The third-order valence-electron chi connectivity index (χ3n) is 4.40. The van der Waals surface area contributed by atoms with E-state index in [1.807, 2.05) is 30.6 Å². The smallest absolute Gasteiger partial charge is 0.139 e. The minimum atomic E-state index is 0.703. The number of anilines is 1. The Bertz CT molecular complexity index is 831. The Morgan fingerprint density at radius 1 is 0.958 bits per heavy atom. The van der Waals surface area contributed by atoms with Crippen molar-refractivity contribution in [2.45, 2.75) is 6.54 Å². The second-order valence-corrected chi connectivity index (χ2v) is 6.41. The summed E-state index contributed by atoms with van der Waals surface area (Å²) in [6, 6.07) is 9.95. The fraction of sp³-hybridized carbons (Fsp3) is 0.278. The largest absolute Gasteiger partial charge is 0.353 e. The van der Waals surface area contributed by atoms with Gasteiger partial charge in [-0.2, -0.15) is 0 Å². The molecule has 1 fully saturated rings. The fourth-order valence-corrected chi connectivity index (χ4v) is 3.30. The van der Waals surface area contributed by atoms with Crippen molar-refractivity contribution in [3.8, 4) is 0 Å². The normalized spacial score (nSPS) is 15.8. The van der Waals surface area contributed by atoms with E-state index in [-0.39, 0.29) is 0 Å². The van der Waals surface area contributed by atoms with Crippen LogP contribution < -0.4 is 4.90 Å². The molecule has 24 heavy (non-hydrogen) atoms. The maximum Gasteiger partial charge on any atom is 0.139 e. The van der Waals surface area contributed by atoms with Gasteiger partial charge in [0.2, 0.25) is 0 Å². The van der Waals surface area contributed by atoms with Crippen LogP contribution in [0.2, 0.25) is 5.02 Å². The summed E-state index contributed by atoms with van der Waals surface area (Å²) in [4.78, 5) is 17.7. The molecule has 3 heterocycles. The van der Waals surface area contributed by atoms with Crippen LogP contribution in [0.3, 0.4) is 0 Å². The van der Waals surface area contributed by atoms with Crippen LogP contribution in [0.5, 0.6) is 0 Å². The summed E-state index contributed by atoms with van der Waals surface area (Å²) in [5, 5.41) is 1.76. The Kier molecular flexibility index (Phi) is 4.28. The summed E-state index contributed by atoms with van der Waals surface area (Å²) >= 11 is 6.07. The molecule has 4 rings (SSSR count). The maximum absolute atomic E-state index is 6.07. The molecule has 1 saturated heterocycles. The number of hydrogen-bond acceptors (Lipinski definition) is 5. The van der Waals surface area contributed by atoms with Gasteiger partial charge in [0.15, 0.2) is 0 Å². The quantitative estimate of drug-likeness (QED) is 0.734. The van der Waals surface area contributed by atoms with E-state index < -0.39 is 0 Å². The first-order valence-electron chi connectivity index (χ1n) is 8.06. The zero-order valence-corrected chi connectivity index (χ0v) is 14.0. The van der Waals surface area contributed by atoms with Crippen molar-refractivity contribution in [2.24, 2.45) is 0 Å². The van der Waals surface area contributed by atoms with Crippen molar-refractivity contribution < 1.29 is 0 Å². The Balaban J connectivity index is 1.48. The minimum absolute atomic E-state index is 0.703. The number of pyridine rings is 1. The Labute approximate surface area is 145 Å². The van der Waals surface area contributed by atoms with Gasteiger partial charge < -0.3 is 4.90 Å². The third kappa shape index (κ3) is 3.18. The lowest BCUT2D eigenvalue weighted by Crippen LogP contribution is -2.46. The average molecular weight is 340 g/mol. The van der Waals surface area contributed by atoms with E-state index in [0.717, 1.165) is 49.4 Å². The first-order valence-corrected chi connectivity index (χ1v) is 8.44. The predicted octanol–water partition coefficient (Wildman–Crippen LogP) is 3.00. The van der Waals surface area contributed by atoms with Gasteiger partial charge in [0.25, 0.3) is 0 Å². The molecular weight excluding hydrogens is 322 g/mol. The molecule has 3 aromatic rings. The van der Waals surface area contributed by atoms with Crippen LogP contribution in [0, 0.1) is 0 Å². The molecule has 1 aromatic carbocycles. The predicted molar refractivity (Wildman–Crippen MR) is 96.3 cm³/mol. The monoisotopic (exact) mass is 339 g/mol. The topological polar surface area (TPSA) is 45.2 Å². The lowest BCUT2D eigenvalue weighted by atomic mass is 10.2. The molecule has 0 bridgehead atoms. The highest BCUT2D eigenvalue weighted by molar-refractivity contribution is 6.31. The van der Waals surface area contributed by atoms with E-state index in [9.17, 15) is 0 Å². The molecule has 0 saturated carbocycles. The van der Waals surface area contributed by atoms with Crippen molar-refractivity contribution in [2.75, 3.05) is 31.1 Å². The summed E-state index contributed by atoms with van der Waals surface area (Å²) in [5.74, 6) is 1.00. The first-order chi connectivity index (χ1) is 11.8. The van der Waals surface area contributed by atoms with Gasteiger partial charge in [0, 0.05) is 55.5 Å². The van der Waals surface area contributed by atoms with Gasteiger partial charge in [0.1, 0.15) is 12.1 Å². The number of halogens is 1. The lowest BCUT2D eigenvalue weighted by molar-refractivity contribution is 0.249. The van der Waals surface area contributed by atoms with Crippen LogP contribution in [-0.2, 0) is 6.54 Å². The van der Waals surface area contributed by atoms with Crippen LogP contribution in [0.15, 0.2) is 49.1 Å². The number of fused-ring (bicyclic) bond motifs is 1. The van der Waals surface area contributed by atoms with Crippen molar-refractivity contribution in [3.05, 3.63) is 59.6 Å². The minimum Gasteiger partial charge on any atom is -0.353 e. The molecule has 0 amide bonds. The van der Waals surface area contributed by atoms with E-state index in [1.54, 1.807) is 6.33 Å². The molecule has 6 heteroatoms. The molecule has 0 spiro atoms. The number of rotatable bonds is 3. The number of nitrogens with zero attached hydrogens (tertiary/aromatic N) is 5. The first kappa shape index (κ1) is 15.3. The van der Waals surface area contributed by atoms with Crippen LogP contribution in [0.4, 0.5) is 5.82 Å². The van der Waals surface area contributed by atoms with Gasteiger partial charge in [0.05, 0.1) is 5.52 Å². The summed E-state index contributed by atoms with van der Waals surface area (Å²) in [6.45, 7) is 4.92. The molecule has 1 aliphatic rings. The zero-order valence-electron chi connectivity index (χ0n) is 13.3. The standard InChI is InChI=1S/C18H18ClN5/c19-15-1-2-16-17(11-15)21-13-22-18(16)24-9-7-23(8-10-24)12-14-3-5-20-6-4-14/h1-6,11,13H,7-10,12H2. The second-order valence-electron chi connectivity index (χ2n) is 5.98. The summed E-state index contributed by atoms with van der Waals surface area (Å²) in [5.41, 5.74) is 2.20. The third-order valence-corrected chi connectivity index (χ3v) is 4.64. The summed E-state index contributed by atoms with van der Waals surface area (Å²) in [6.07, 6.45) is 5.32. The Morgan fingerprint density at radius 2 is 1.75 bits per heavy atom. The molecule has 0 aliphatic carbocycles. The second kappa shape index (κ2) is 6.71. The van der Waals surface area contributed by atoms with Crippen LogP contribution in [-0.4, -0.2) is 46.0 Å². The highest BCUT2D eigenvalue weighted by Gasteiger charge is 2.20. The molecular formula is C18H18ClN5. The van der Waals surface area contributed by atoms with E-state index in [2.05, 4.69) is 36.9 Å². The number of aromatic nitrogens is 3. The number of hydrogen-bond donors (Lipinski definition) is 0. The van der Waals surface area contributed by atoms with Crippen molar-refractivity contribution >= 4 is 28.3 Å². The van der Waals surface area contributed by atoms with Gasteiger partial charge in [-0.3, -0.25) is 9.88 Å². The maximum atomic E-state index is 6.07. The van der Waals surface area contributed by atoms with Gasteiger partial charge in [-0.05, 0) is 35.9 Å². The van der Waals surface area contributed by atoms with Gasteiger partial charge in [-0.15, -0.1) is 0 Å². The zero-order chi connectivity index (χ0) is 16.4. The van der Waals surface area contributed by atoms with Crippen LogP contribution in [0.25, 0.3) is 10.9 Å². The van der Waals surface area contributed by atoms with Gasteiger partial charge in [-0.25, -0.2) is 9.97 Å². The molecule has 1 aliphatic heterocycles.